The third-order valence-corrected chi connectivity index (χ3v) is 6.83. The molecule has 1 aliphatic heterocycles. The number of benzene rings is 4. The minimum absolute atomic E-state index is 0.269. The molecule has 0 bridgehead atoms. The molecule has 0 aromatic heterocycles. The van der Waals surface area contributed by atoms with Gasteiger partial charge < -0.3 is 14.2 Å². The highest BCUT2D eigenvalue weighted by molar-refractivity contribution is 5.73. The summed E-state index contributed by atoms with van der Waals surface area (Å²) in [4.78, 5) is 0. The molecule has 36 heavy (non-hydrogen) atoms. The fraction of sp³-hybridized carbons (Fsp3) is 0.152. The molecule has 6 rings (SSSR count). The van der Waals surface area contributed by atoms with Gasteiger partial charge in [-0.25, -0.2) is 0 Å². The van der Waals surface area contributed by atoms with Gasteiger partial charge in [-0.1, -0.05) is 72.8 Å². The van der Waals surface area contributed by atoms with Gasteiger partial charge in [0.15, 0.2) is 0 Å². The number of hydrogen-bond donors (Lipinski definition) is 0. The average molecular weight is 473 g/mol. The fourth-order valence-electron chi connectivity index (χ4n) is 5.00. The lowest BCUT2D eigenvalue weighted by molar-refractivity contribution is 0.305. The van der Waals surface area contributed by atoms with Crippen LogP contribution in [0.2, 0.25) is 0 Å². The Bertz CT molecular complexity index is 1400. The lowest BCUT2D eigenvalue weighted by Gasteiger charge is -2.27. The molecule has 4 aromatic rings. The first-order valence-electron chi connectivity index (χ1n) is 12.4. The van der Waals surface area contributed by atoms with Crippen molar-refractivity contribution < 1.29 is 14.2 Å². The number of ether oxygens (including phenoxy) is 3. The molecule has 0 saturated heterocycles. The topological polar surface area (TPSA) is 27.7 Å². The Balaban J connectivity index is 1.22. The molecule has 0 unspecified atom stereocenters. The maximum absolute atomic E-state index is 6.51. The molecular formula is C33H28O3. The van der Waals surface area contributed by atoms with Gasteiger partial charge in [0.25, 0.3) is 0 Å². The van der Waals surface area contributed by atoms with E-state index in [0.717, 1.165) is 52.5 Å². The summed E-state index contributed by atoms with van der Waals surface area (Å²) in [5.74, 6) is 3.81. The van der Waals surface area contributed by atoms with Crippen molar-refractivity contribution in [3.05, 3.63) is 143 Å². The highest BCUT2D eigenvalue weighted by Gasteiger charge is 2.35. The molecule has 0 amide bonds. The van der Waals surface area contributed by atoms with E-state index in [0.29, 0.717) is 13.2 Å². The Labute approximate surface area is 212 Å². The van der Waals surface area contributed by atoms with Crippen molar-refractivity contribution >= 4 is 5.76 Å². The summed E-state index contributed by atoms with van der Waals surface area (Å²) in [6.07, 6.45) is 1.80. The molecule has 0 radical (unpaired) electrons. The summed E-state index contributed by atoms with van der Waals surface area (Å²) in [6, 6.07) is 34.8. The maximum Gasteiger partial charge on any atom is 0.134 e. The van der Waals surface area contributed by atoms with Crippen molar-refractivity contribution in [1.29, 1.82) is 0 Å². The summed E-state index contributed by atoms with van der Waals surface area (Å²) in [5, 5.41) is 0. The van der Waals surface area contributed by atoms with Gasteiger partial charge in [-0.3, -0.25) is 0 Å². The van der Waals surface area contributed by atoms with E-state index in [1.807, 2.05) is 60.7 Å². The number of allylic oxidation sites excluding steroid dienone is 2. The molecule has 1 saturated carbocycles. The number of fused-ring (bicyclic) bond motifs is 3. The molecule has 3 nitrogen and oxygen atoms in total. The lowest BCUT2D eigenvalue weighted by Crippen LogP contribution is -2.12. The molecule has 1 aliphatic carbocycles. The summed E-state index contributed by atoms with van der Waals surface area (Å²) >= 11 is 0. The highest BCUT2D eigenvalue weighted by atomic mass is 16.5. The standard InChI is InChI=1S/C33H28O3/c1-23-18-29-30-20-28(35-22-25-10-6-3-7-11-25)16-17-32(30)36-33(31(29)19-23)26-12-14-27(15-13-26)34-21-24-8-4-2-5-9-24/h2-17,20,29H,1,18-19,21-22H2/t29-/m0/s1. The zero-order valence-electron chi connectivity index (χ0n) is 20.2. The van der Waals surface area contributed by atoms with Gasteiger partial charge in [0.2, 0.25) is 0 Å². The molecule has 4 aromatic carbocycles. The SMILES string of the molecule is C=C1CC2=C(c3ccc(OCc4ccccc4)cc3)Oc3ccc(OCc4ccccc4)cc3[C@@H]2C1. The van der Waals surface area contributed by atoms with Gasteiger partial charge in [-0.2, -0.15) is 0 Å². The number of rotatable bonds is 7. The van der Waals surface area contributed by atoms with E-state index in [1.54, 1.807) is 0 Å². The van der Waals surface area contributed by atoms with Crippen LogP contribution in [-0.2, 0) is 13.2 Å². The predicted molar refractivity (Wildman–Crippen MR) is 143 cm³/mol. The predicted octanol–water partition coefficient (Wildman–Crippen LogP) is 8.08. The Hall–Kier alpha value is -4.24. The molecule has 2 aliphatic rings. The fourth-order valence-corrected chi connectivity index (χ4v) is 5.00. The van der Waals surface area contributed by atoms with Crippen molar-refractivity contribution in [2.24, 2.45) is 0 Å². The van der Waals surface area contributed by atoms with Crippen LogP contribution in [0.4, 0.5) is 0 Å². The van der Waals surface area contributed by atoms with E-state index in [1.165, 1.54) is 16.7 Å². The maximum atomic E-state index is 6.51. The molecule has 0 spiro atoms. The first kappa shape index (κ1) is 22.2. The van der Waals surface area contributed by atoms with E-state index in [-0.39, 0.29) is 5.92 Å². The summed E-state index contributed by atoms with van der Waals surface area (Å²) < 4.78 is 18.6. The van der Waals surface area contributed by atoms with Crippen molar-refractivity contribution in [2.75, 3.05) is 0 Å². The second kappa shape index (κ2) is 9.79. The van der Waals surface area contributed by atoms with Gasteiger partial charge in [0.05, 0.1) is 0 Å². The lowest BCUT2D eigenvalue weighted by atomic mass is 9.88. The van der Waals surface area contributed by atoms with Crippen LogP contribution in [0.3, 0.4) is 0 Å². The minimum Gasteiger partial charge on any atom is -0.489 e. The van der Waals surface area contributed by atoms with Gasteiger partial charge in [-0.05, 0) is 72.0 Å². The van der Waals surface area contributed by atoms with Crippen molar-refractivity contribution in [1.82, 2.24) is 0 Å². The Morgan fingerprint density at radius 2 is 1.33 bits per heavy atom. The average Bonchev–Trinajstić information content (AvgIpc) is 3.33. The highest BCUT2D eigenvalue weighted by Crippen LogP contribution is 2.52. The Kier molecular flexibility index (Phi) is 6.05. The van der Waals surface area contributed by atoms with Crippen LogP contribution in [0.1, 0.15) is 41.0 Å². The Morgan fingerprint density at radius 1 is 0.722 bits per heavy atom. The van der Waals surface area contributed by atoms with Gasteiger partial charge in [-0.15, -0.1) is 0 Å². The zero-order valence-corrected chi connectivity index (χ0v) is 20.2. The number of hydrogen-bond acceptors (Lipinski definition) is 3. The van der Waals surface area contributed by atoms with Crippen LogP contribution in [0.25, 0.3) is 5.76 Å². The third kappa shape index (κ3) is 4.65. The summed E-state index contributed by atoms with van der Waals surface area (Å²) in [7, 11) is 0. The van der Waals surface area contributed by atoms with E-state index >= 15 is 0 Å². The molecule has 0 N–H and O–H groups in total. The van der Waals surface area contributed by atoms with Crippen molar-refractivity contribution in [3.8, 4) is 17.2 Å². The molecule has 1 heterocycles. The van der Waals surface area contributed by atoms with Crippen molar-refractivity contribution in [3.63, 3.8) is 0 Å². The van der Waals surface area contributed by atoms with Crippen LogP contribution in [0, 0.1) is 0 Å². The largest absolute Gasteiger partial charge is 0.489 e. The molecule has 1 fully saturated rings. The van der Waals surface area contributed by atoms with Crippen LogP contribution in [-0.4, -0.2) is 0 Å². The third-order valence-electron chi connectivity index (χ3n) is 6.83. The smallest absolute Gasteiger partial charge is 0.134 e. The van der Waals surface area contributed by atoms with Crippen LogP contribution < -0.4 is 14.2 Å². The van der Waals surface area contributed by atoms with E-state index in [9.17, 15) is 0 Å². The summed E-state index contributed by atoms with van der Waals surface area (Å²) in [5.41, 5.74) is 7.08. The van der Waals surface area contributed by atoms with Crippen LogP contribution in [0.15, 0.2) is 121 Å². The van der Waals surface area contributed by atoms with E-state index < -0.39 is 0 Å². The monoisotopic (exact) mass is 472 g/mol. The normalized spacial score (nSPS) is 16.2. The van der Waals surface area contributed by atoms with E-state index in [4.69, 9.17) is 14.2 Å². The second-order valence-electron chi connectivity index (χ2n) is 9.41. The summed E-state index contributed by atoms with van der Waals surface area (Å²) in [6.45, 7) is 5.40. The molecule has 3 heteroatoms. The quantitative estimate of drug-likeness (QED) is 0.254. The van der Waals surface area contributed by atoms with Crippen LogP contribution in [0.5, 0.6) is 17.2 Å². The Morgan fingerprint density at radius 3 is 2.00 bits per heavy atom. The minimum atomic E-state index is 0.269. The van der Waals surface area contributed by atoms with Crippen LogP contribution >= 0.6 is 0 Å². The van der Waals surface area contributed by atoms with Crippen molar-refractivity contribution in [2.45, 2.75) is 32.0 Å². The molecular weight excluding hydrogens is 444 g/mol. The zero-order chi connectivity index (χ0) is 24.3. The molecule has 178 valence electrons. The first-order valence-corrected chi connectivity index (χ1v) is 12.4. The van der Waals surface area contributed by atoms with Gasteiger partial charge in [0, 0.05) is 17.0 Å². The van der Waals surface area contributed by atoms with Gasteiger partial charge >= 0.3 is 0 Å². The molecule has 1 atom stereocenters. The second-order valence-corrected chi connectivity index (χ2v) is 9.41. The first-order chi connectivity index (χ1) is 17.7. The van der Waals surface area contributed by atoms with E-state index in [2.05, 4.69) is 49.0 Å². The van der Waals surface area contributed by atoms with Gasteiger partial charge in [0.1, 0.15) is 36.2 Å².